The lowest BCUT2D eigenvalue weighted by molar-refractivity contribution is 0.0358. The largest absolute Gasteiger partial charge is 0.382 e. The third-order valence-corrected chi connectivity index (χ3v) is 3.17. The van der Waals surface area contributed by atoms with E-state index in [0.717, 1.165) is 15.9 Å². The van der Waals surface area contributed by atoms with Gasteiger partial charge in [-0.25, -0.2) is 4.98 Å². The zero-order chi connectivity index (χ0) is 12.3. The molecular weight excluding hydrogens is 260 g/mol. The summed E-state index contributed by atoms with van der Waals surface area (Å²) < 4.78 is 12.2. The maximum absolute atomic E-state index is 6.02. The van der Waals surface area contributed by atoms with Crippen LogP contribution < -0.4 is 0 Å². The molecular formula is C11H13ClN2O2S. The van der Waals surface area contributed by atoms with E-state index in [1.54, 1.807) is 13.4 Å². The van der Waals surface area contributed by atoms with Crippen LogP contribution in [0.15, 0.2) is 23.4 Å². The lowest BCUT2D eigenvalue weighted by Crippen LogP contribution is -2.06. The van der Waals surface area contributed by atoms with Gasteiger partial charge in [0.25, 0.3) is 0 Å². The van der Waals surface area contributed by atoms with Gasteiger partial charge >= 0.3 is 0 Å². The van der Waals surface area contributed by atoms with E-state index in [0.29, 0.717) is 25.0 Å². The van der Waals surface area contributed by atoms with E-state index in [-0.39, 0.29) is 0 Å². The first kappa shape index (κ1) is 12.7. The highest BCUT2D eigenvalue weighted by atomic mass is 35.5. The zero-order valence-corrected chi connectivity index (χ0v) is 11.0. The molecule has 1 heterocycles. The summed E-state index contributed by atoms with van der Waals surface area (Å²) in [6.07, 6.45) is 1.72. The van der Waals surface area contributed by atoms with E-state index in [9.17, 15) is 0 Å². The van der Waals surface area contributed by atoms with Crippen molar-refractivity contribution in [3.63, 3.8) is 0 Å². The lowest BCUT2D eigenvalue weighted by Gasteiger charge is -2.06. The highest BCUT2D eigenvalue weighted by Gasteiger charge is 2.06. The van der Waals surface area contributed by atoms with Crippen LogP contribution >= 0.6 is 24.2 Å². The van der Waals surface area contributed by atoms with Crippen molar-refractivity contribution in [3.05, 3.63) is 23.5 Å². The predicted octanol–water partition coefficient (Wildman–Crippen LogP) is 2.60. The van der Waals surface area contributed by atoms with E-state index in [2.05, 4.69) is 17.6 Å². The molecule has 0 fully saturated rings. The Bertz CT molecular complexity index is 515. The number of imidazole rings is 1. The fourth-order valence-electron chi connectivity index (χ4n) is 1.48. The summed E-state index contributed by atoms with van der Waals surface area (Å²) in [5.41, 5.74) is 1.79. The number of thiol groups is 1. The summed E-state index contributed by atoms with van der Waals surface area (Å²) in [4.78, 5) is 4.99. The molecule has 0 spiro atoms. The Balaban J connectivity index is 2.15. The highest BCUT2D eigenvalue weighted by molar-refractivity contribution is 7.80. The van der Waals surface area contributed by atoms with E-state index < -0.39 is 0 Å². The molecule has 0 N–H and O–H groups in total. The number of ether oxygens (including phenoxy) is 2. The summed E-state index contributed by atoms with van der Waals surface area (Å²) in [7, 11) is 1.64. The third-order valence-electron chi connectivity index (χ3n) is 2.35. The number of hydrogen-bond donors (Lipinski definition) is 1. The molecule has 0 aliphatic rings. The Kier molecular flexibility index (Phi) is 4.28. The molecule has 92 valence electrons. The van der Waals surface area contributed by atoms with Crippen LogP contribution in [0.3, 0.4) is 0 Å². The SMILES string of the molecule is COCCOCn1cnc2cc(S)c(Cl)cc21. The van der Waals surface area contributed by atoms with Crippen LogP contribution in [0.4, 0.5) is 0 Å². The molecule has 0 atom stereocenters. The van der Waals surface area contributed by atoms with E-state index in [1.165, 1.54) is 0 Å². The van der Waals surface area contributed by atoms with Crippen molar-refractivity contribution in [2.75, 3.05) is 20.3 Å². The summed E-state index contributed by atoms with van der Waals surface area (Å²) in [6, 6.07) is 3.68. The monoisotopic (exact) mass is 272 g/mol. The van der Waals surface area contributed by atoms with E-state index >= 15 is 0 Å². The normalized spacial score (nSPS) is 11.2. The number of aromatic nitrogens is 2. The average Bonchev–Trinajstić information content (AvgIpc) is 2.68. The van der Waals surface area contributed by atoms with Crippen molar-refractivity contribution < 1.29 is 9.47 Å². The first-order valence-corrected chi connectivity index (χ1v) is 5.95. The van der Waals surface area contributed by atoms with Crippen molar-refractivity contribution in [2.45, 2.75) is 11.6 Å². The topological polar surface area (TPSA) is 36.3 Å². The maximum atomic E-state index is 6.02. The Morgan fingerprint density at radius 2 is 2.24 bits per heavy atom. The fraction of sp³-hybridized carbons (Fsp3) is 0.364. The van der Waals surface area contributed by atoms with Crippen molar-refractivity contribution in [1.29, 1.82) is 0 Å². The van der Waals surface area contributed by atoms with Gasteiger partial charge in [0.2, 0.25) is 0 Å². The van der Waals surface area contributed by atoms with Crippen molar-refractivity contribution >= 4 is 35.3 Å². The average molecular weight is 273 g/mol. The van der Waals surface area contributed by atoms with Crippen molar-refractivity contribution in [3.8, 4) is 0 Å². The Hall–Kier alpha value is -0.750. The number of halogens is 1. The second-order valence-electron chi connectivity index (χ2n) is 3.54. The first-order chi connectivity index (χ1) is 8.22. The van der Waals surface area contributed by atoms with Gasteiger partial charge in [-0.1, -0.05) is 11.6 Å². The highest BCUT2D eigenvalue weighted by Crippen LogP contribution is 2.25. The fourth-order valence-corrected chi connectivity index (χ4v) is 1.82. The Morgan fingerprint density at radius 3 is 3.00 bits per heavy atom. The molecule has 1 aromatic heterocycles. The van der Waals surface area contributed by atoms with Crippen molar-refractivity contribution in [2.24, 2.45) is 0 Å². The number of fused-ring (bicyclic) bond motifs is 1. The molecule has 2 rings (SSSR count). The smallest absolute Gasteiger partial charge is 0.124 e. The van der Waals surface area contributed by atoms with Gasteiger partial charge in [0, 0.05) is 12.0 Å². The molecule has 0 unspecified atom stereocenters. The lowest BCUT2D eigenvalue weighted by atomic mass is 10.3. The van der Waals surface area contributed by atoms with Gasteiger partial charge in [0.05, 0.1) is 35.6 Å². The van der Waals surface area contributed by atoms with Crippen LogP contribution in [-0.2, 0) is 16.2 Å². The number of nitrogens with zero attached hydrogens (tertiary/aromatic N) is 2. The number of rotatable bonds is 5. The molecule has 0 bridgehead atoms. The second kappa shape index (κ2) is 5.73. The second-order valence-corrected chi connectivity index (χ2v) is 4.43. The minimum atomic E-state index is 0.433. The molecule has 0 saturated carbocycles. The molecule has 2 aromatic rings. The van der Waals surface area contributed by atoms with Gasteiger partial charge in [-0.2, -0.15) is 0 Å². The van der Waals surface area contributed by atoms with Crippen LogP contribution in [0.25, 0.3) is 11.0 Å². The Labute approximate surface area is 110 Å². The predicted molar refractivity (Wildman–Crippen MR) is 69.8 cm³/mol. The molecule has 0 aliphatic carbocycles. The standard InChI is InChI=1S/C11H13ClN2O2S/c1-15-2-3-16-7-14-6-13-9-5-11(17)8(12)4-10(9)14/h4-6,17H,2-3,7H2,1H3. The number of benzene rings is 1. The summed E-state index contributed by atoms with van der Waals surface area (Å²) in [5, 5.41) is 0.611. The van der Waals surface area contributed by atoms with Gasteiger partial charge in [0.1, 0.15) is 6.73 Å². The maximum Gasteiger partial charge on any atom is 0.124 e. The number of methoxy groups -OCH3 is 1. The van der Waals surface area contributed by atoms with Crippen LogP contribution in [0.5, 0.6) is 0 Å². The van der Waals surface area contributed by atoms with Crippen LogP contribution in [-0.4, -0.2) is 29.9 Å². The molecule has 17 heavy (non-hydrogen) atoms. The molecule has 0 amide bonds. The van der Waals surface area contributed by atoms with Gasteiger partial charge in [0.15, 0.2) is 0 Å². The van der Waals surface area contributed by atoms with E-state index in [1.807, 2.05) is 16.7 Å². The Morgan fingerprint density at radius 1 is 1.41 bits per heavy atom. The van der Waals surface area contributed by atoms with Crippen LogP contribution in [0.2, 0.25) is 5.02 Å². The summed E-state index contributed by atoms with van der Waals surface area (Å²) in [5.74, 6) is 0. The van der Waals surface area contributed by atoms with Crippen LogP contribution in [0.1, 0.15) is 0 Å². The number of hydrogen-bond acceptors (Lipinski definition) is 4. The molecule has 6 heteroatoms. The molecule has 0 radical (unpaired) electrons. The molecule has 4 nitrogen and oxygen atoms in total. The van der Waals surface area contributed by atoms with Gasteiger partial charge in [-0.15, -0.1) is 12.6 Å². The van der Waals surface area contributed by atoms with Crippen molar-refractivity contribution in [1.82, 2.24) is 9.55 Å². The quantitative estimate of drug-likeness (QED) is 0.671. The minimum absolute atomic E-state index is 0.433. The summed E-state index contributed by atoms with van der Waals surface area (Å²) in [6.45, 7) is 1.56. The van der Waals surface area contributed by atoms with Gasteiger partial charge in [-0.3, -0.25) is 0 Å². The molecule has 1 aromatic carbocycles. The van der Waals surface area contributed by atoms with Gasteiger partial charge < -0.3 is 14.0 Å². The first-order valence-electron chi connectivity index (χ1n) is 5.12. The van der Waals surface area contributed by atoms with Gasteiger partial charge in [-0.05, 0) is 12.1 Å². The molecule has 0 saturated heterocycles. The summed E-state index contributed by atoms with van der Waals surface area (Å²) >= 11 is 10.3. The van der Waals surface area contributed by atoms with E-state index in [4.69, 9.17) is 21.1 Å². The van der Waals surface area contributed by atoms with Crippen LogP contribution in [0, 0.1) is 0 Å². The zero-order valence-electron chi connectivity index (χ0n) is 9.39. The molecule has 0 aliphatic heterocycles. The third kappa shape index (κ3) is 2.93. The minimum Gasteiger partial charge on any atom is -0.382 e.